The van der Waals surface area contributed by atoms with Crippen LogP contribution < -0.4 is 5.43 Å². The summed E-state index contributed by atoms with van der Waals surface area (Å²) in [6.45, 7) is 1.90. The van der Waals surface area contributed by atoms with E-state index in [9.17, 15) is 4.79 Å². The van der Waals surface area contributed by atoms with Gasteiger partial charge in [-0.05, 0) is 6.92 Å². The van der Waals surface area contributed by atoms with Crippen LogP contribution in [0.5, 0.6) is 0 Å². The average Bonchev–Trinajstić information content (AvgIpc) is 1.80. The van der Waals surface area contributed by atoms with Crippen molar-refractivity contribution < 1.29 is 0 Å². The molecule has 0 saturated carbocycles. The first kappa shape index (κ1) is 6.08. The molecule has 2 nitrogen and oxygen atoms in total. The Morgan fingerprint density at radius 2 is 2.22 bits per heavy atom. The molecule has 2 heteroatoms. The fourth-order valence-corrected chi connectivity index (χ4v) is 0.659. The lowest BCUT2D eigenvalue weighted by Gasteiger charge is -1.99. The zero-order chi connectivity index (χ0) is 6.85. The van der Waals surface area contributed by atoms with Crippen molar-refractivity contribution in [3.63, 3.8) is 0 Å². The van der Waals surface area contributed by atoms with E-state index in [0.717, 1.165) is 5.69 Å². The third kappa shape index (κ3) is 1.19. The first-order chi connectivity index (χ1) is 4.20. The van der Waals surface area contributed by atoms with Crippen LogP contribution in [-0.2, 0) is 7.05 Å². The minimum atomic E-state index is 0.0746. The highest BCUT2D eigenvalue weighted by molar-refractivity contribution is 5.03. The third-order valence-electron chi connectivity index (χ3n) is 1.37. The molecule has 0 fully saturated rings. The molecule has 0 bridgehead atoms. The Hall–Kier alpha value is -1.05. The van der Waals surface area contributed by atoms with Crippen LogP contribution in [0, 0.1) is 6.92 Å². The molecule has 0 aromatic carbocycles. The Labute approximate surface area is 53.8 Å². The summed E-state index contributed by atoms with van der Waals surface area (Å²) in [6, 6.07) is 3.16. The molecule has 0 saturated heterocycles. The maximum Gasteiger partial charge on any atom is 0.181 e. The van der Waals surface area contributed by atoms with Gasteiger partial charge in [0.1, 0.15) is 0 Å². The van der Waals surface area contributed by atoms with Crippen molar-refractivity contribution in [3.05, 3.63) is 34.2 Å². The van der Waals surface area contributed by atoms with Crippen LogP contribution in [0.2, 0.25) is 0 Å². The van der Waals surface area contributed by atoms with Gasteiger partial charge in [0.15, 0.2) is 5.43 Å². The molecular weight excluding hydrogens is 114 g/mol. The summed E-state index contributed by atoms with van der Waals surface area (Å²) in [5.74, 6) is 0. The Morgan fingerprint density at radius 1 is 1.56 bits per heavy atom. The molecule has 0 aliphatic carbocycles. The monoisotopic (exact) mass is 123 g/mol. The lowest BCUT2D eigenvalue weighted by molar-refractivity contribution is 0.853. The average molecular weight is 123 g/mol. The minimum Gasteiger partial charge on any atom is -0.354 e. The van der Waals surface area contributed by atoms with Gasteiger partial charge in [0, 0.05) is 31.1 Å². The Kier molecular flexibility index (Phi) is 1.39. The molecule has 0 amide bonds. The number of rotatable bonds is 0. The van der Waals surface area contributed by atoms with Crippen molar-refractivity contribution in [2.24, 2.45) is 7.05 Å². The molecule has 0 unspecified atom stereocenters. The van der Waals surface area contributed by atoms with Crippen LogP contribution in [0.1, 0.15) is 5.69 Å². The van der Waals surface area contributed by atoms with E-state index < -0.39 is 0 Å². The Morgan fingerprint density at radius 3 is 2.67 bits per heavy atom. The van der Waals surface area contributed by atoms with Crippen molar-refractivity contribution in [1.29, 1.82) is 0 Å². The van der Waals surface area contributed by atoms with E-state index >= 15 is 0 Å². The molecule has 48 valence electrons. The van der Waals surface area contributed by atoms with Crippen LogP contribution in [-0.4, -0.2) is 4.57 Å². The highest BCUT2D eigenvalue weighted by atomic mass is 16.1. The molecule has 0 atom stereocenters. The summed E-state index contributed by atoms with van der Waals surface area (Å²) in [4.78, 5) is 10.6. The van der Waals surface area contributed by atoms with Crippen molar-refractivity contribution in [1.82, 2.24) is 4.57 Å². The first-order valence-corrected chi connectivity index (χ1v) is 2.83. The predicted octanol–water partition coefficient (Wildman–Crippen LogP) is 0.694. The van der Waals surface area contributed by atoms with Crippen LogP contribution in [0.3, 0.4) is 0 Å². The molecule has 1 aromatic heterocycles. The highest BCUT2D eigenvalue weighted by Gasteiger charge is 1.86. The second kappa shape index (κ2) is 2.05. The number of hydrogen-bond donors (Lipinski definition) is 0. The molecule has 0 aliphatic heterocycles. The number of aryl methyl sites for hydroxylation is 2. The maximum absolute atomic E-state index is 10.6. The fraction of sp³-hybridized carbons (Fsp3) is 0.286. The summed E-state index contributed by atoms with van der Waals surface area (Å²) in [6.07, 6.45) is 1.76. The van der Waals surface area contributed by atoms with E-state index in [0.29, 0.717) is 0 Å². The van der Waals surface area contributed by atoms with Crippen LogP contribution in [0.15, 0.2) is 23.1 Å². The molecule has 1 rings (SSSR count). The highest BCUT2D eigenvalue weighted by Crippen LogP contribution is 1.87. The quantitative estimate of drug-likeness (QED) is 0.497. The number of aromatic nitrogens is 1. The number of nitrogens with zero attached hydrogens (tertiary/aromatic N) is 1. The second-order valence-electron chi connectivity index (χ2n) is 2.11. The molecule has 1 aromatic rings. The molecule has 0 aliphatic rings. The summed E-state index contributed by atoms with van der Waals surface area (Å²) in [7, 11) is 1.91. The van der Waals surface area contributed by atoms with Crippen molar-refractivity contribution in [3.8, 4) is 0 Å². The van der Waals surface area contributed by atoms with Gasteiger partial charge < -0.3 is 4.57 Å². The van der Waals surface area contributed by atoms with Crippen molar-refractivity contribution in [2.45, 2.75) is 6.92 Å². The molecule has 0 radical (unpaired) electrons. The number of hydrogen-bond acceptors (Lipinski definition) is 1. The molecular formula is C7H9NO. The molecule has 0 spiro atoms. The second-order valence-corrected chi connectivity index (χ2v) is 2.11. The zero-order valence-corrected chi connectivity index (χ0v) is 5.59. The predicted molar refractivity (Wildman–Crippen MR) is 36.4 cm³/mol. The lowest BCUT2D eigenvalue weighted by atomic mass is 10.4. The summed E-state index contributed by atoms with van der Waals surface area (Å²) >= 11 is 0. The van der Waals surface area contributed by atoms with E-state index in [1.54, 1.807) is 18.3 Å². The van der Waals surface area contributed by atoms with Gasteiger partial charge in [-0.15, -0.1) is 0 Å². The zero-order valence-electron chi connectivity index (χ0n) is 5.59. The molecule has 1 heterocycles. The van der Waals surface area contributed by atoms with E-state index in [1.807, 2.05) is 18.5 Å². The topological polar surface area (TPSA) is 22.0 Å². The Bertz CT molecular complexity index is 262. The van der Waals surface area contributed by atoms with E-state index in [2.05, 4.69) is 0 Å². The Balaban J connectivity index is 3.34. The summed E-state index contributed by atoms with van der Waals surface area (Å²) in [5, 5.41) is 0. The van der Waals surface area contributed by atoms with Crippen LogP contribution in [0.25, 0.3) is 0 Å². The largest absolute Gasteiger partial charge is 0.354 e. The molecule has 0 N–H and O–H groups in total. The van der Waals surface area contributed by atoms with Crippen LogP contribution in [0.4, 0.5) is 0 Å². The van der Waals surface area contributed by atoms with Gasteiger partial charge in [0.2, 0.25) is 0 Å². The first-order valence-electron chi connectivity index (χ1n) is 2.83. The van der Waals surface area contributed by atoms with Gasteiger partial charge in [0.25, 0.3) is 0 Å². The van der Waals surface area contributed by atoms with E-state index in [4.69, 9.17) is 0 Å². The van der Waals surface area contributed by atoms with Gasteiger partial charge in [0.05, 0.1) is 0 Å². The summed E-state index contributed by atoms with van der Waals surface area (Å²) in [5.41, 5.74) is 1.06. The third-order valence-corrected chi connectivity index (χ3v) is 1.37. The van der Waals surface area contributed by atoms with Gasteiger partial charge in [-0.25, -0.2) is 0 Å². The van der Waals surface area contributed by atoms with Gasteiger partial charge in [-0.2, -0.15) is 0 Å². The van der Waals surface area contributed by atoms with Crippen molar-refractivity contribution in [2.75, 3.05) is 0 Å². The smallest absolute Gasteiger partial charge is 0.181 e. The minimum absolute atomic E-state index is 0.0746. The van der Waals surface area contributed by atoms with E-state index in [1.165, 1.54) is 0 Å². The van der Waals surface area contributed by atoms with Crippen molar-refractivity contribution >= 4 is 0 Å². The standard InChI is InChI=1S/C7H9NO/c1-6-5-7(9)3-4-8(6)2/h3-5H,1-2H3. The fourth-order valence-electron chi connectivity index (χ4n) is 0.659. The molecule has 9 heavy (non-hydrogen) atoms. The van der Waals surface area contributed by atoms with Gasteiger partial charge in [-0.1, -0.05) is 0 Å². The van der Waals surface area contributed by atoms with Crippen LogP contribution >= 0.6 is 0 Å². The van der Waals surface area contributed by atoms with Gasteiger partial charge in [-0.3, -0.25) is 4.79 Å². The summed E-state index contributed by atoms with van der Waals surface area (Å²) < 4.78 is 1.90. The number of pyridine rings is 1. The normalized spacial score (nSPS) is 9.56. The SMILES string of the molecule is Cc1cc(=O)ccn1C. The lowest BCUT2D eigenvalue weighted by Crippen LogP contribution is -2.04. The van der Waals surface area contributed by atoms with Gasteiger partial charge >= 0.3 is 0 Å². The maximum atomic E-state index is 10.6. The van der Waals surface area contributed by atoms with E-state index in [-0.39, 0.29) is 5.43 Å².